The van der Waals surface area contributed by atoms with E-state index in [1.807, 2.05) is 36.4 Å². The molecule has 0 spiro atoms. The minimum Gasteiger partial charge on any atom is -0.497 e. The summed E-state index contributed by atoms with van der Waals surface area (Å²) >= 11 is 3.36. The first-order valence-corrected chi connectivity index (χ1v) is 9.90. The Morgan fingerprint density at radius 2 is 1.63 bits per heavy atom. The third kappa shape index (κ3) is 6.31. The summed E-state index contributed by atoms with van der Waals surface area (Å²) in [5.74, 6) is 1.07. The molecule has 0 fully saturated rings. The highest BCUT2D eigenvalue weighted by atomic mass is 79.9. The van der Waals surface area contributed by atoms with E-state index in [4.69, 9.17) is 9.47 Å². The van der Waals surface area contributed by atoms with Gasteiger partial charge in [-0.15, -0.1) is 0 Å². The molecule has 0 bridgehead atoms. The number of carbonyl (C=O) groups excluding carboxylic acids is 2. The quantitative estimate of drug-likeness (QED) is 0.524. The highest BCUT2D eigenvalue weighted by Crippen LogP contribution is 2.21. The van der Waals surface area contributed by atoms with Crippen LogP contribution in [0.2, 0.25) is 0 Å². The van der Waals surface area contributed by atoms with Crippen molar-refractivity contribution in [2.45, 2.75) is 6.54 Å². The molecule has 2 aromatic carbocycles. The smallest absolute Gasteiger partial charge is 0.253 e. The standard InChI is InChI=1S/C22H20BrN3O4/c1-29-18-7-2-15(3-8-18)12-24-20(27)14-26-22(28)16-4-11-21(25-13-16)30-19-9-5-17(23)6-10-19/h2-11,13H,12,14H2,1H3,(H,24,27)(H,26,28). The summed E-state index contributed by atoms with van der Waals surface area (Å²) in [5.41, 5.74) is 1.27. The molecule has 8 heteroatoms. The van der Waals surface area contributed by atoms with Crippen molar-refractivity contribution < 1.29 is 19.1 Å². The van der Waals surface area contributed by atoms with Crippen molar-refractivity contribution in [1.29, 1.82) is 0 Å². The molecule has 0 aliphatic rings. The molecule has 1 heterocycles. The van der Waals surface area contributed by atoms with Crippen LogP contribution in [0.15, 0.2) is 71.3 Å². The lowest BCUT2D eigenvalue weighted by molar-refractivity contribution is -0.120. The maximum Gasteiger partial charge on any atom is 0.253 e. The molecular weight excluding hydrogens is 450 g/mol. The van der Waals surface area contributed by atoms with Crippen molar-refractivity contribution >= 4 is 27.7 Å². The van der Waals surface area contributed by atoms with Gasteiger partial charge in [-0.3, -0.25) is 9.59 Å². The van der Waals surface area contributed by atoms with Crippen LogP contribution in [0.5, 0.6) is 17.4 Å². The summed E-state index contributed by atoms with van der Waals surface area (Å²) in [5, 5.41) is 5.32. The SMILES string of the molecule is COc1ccc(CNC(=O)CNC(=O)c2ccc(Oc3ccc(Br)cc3)nc2)cc1. The van der Waals surface area contributed by atoms with Gasteiger partial charge in [0.05, 0.1) is 19.2 Å². The van der Waals surface area contributed by atoms with Gasteiger partial charge in [-0.2, -0.15) is 0 Å². The fourth-order valence-electron chi connectivity index (χ4n) is 2.47. The molecule has 0 atom stereocenters. The van der Waals surface area contributed by atoms with Gasteiger partial charge in [0.2, 0.25) is 11.8 Å². The number of nitrogens with one attached hydrogen (secondary N) is 2. The zero-order chi connectivity index (χ0) is 21.3. The van der Waals surface area contributed by atoms with E-state index < -0.39 is 5.91 Å². The molecule has 0 radical (unpaired) electrons. The Bertz CT molecular complexity index is 990. The normalized spacial score (nSPS) is 10.2. The van der Waals surface area contributed by atoms with Gasteiger partial charge in [0, 0.05) is 23.3 Å². The van der Waals surface area contributed by atoms with E-state index in [0.717, 1.165) is 15.8 Å². The number of rotatable bonds is 8. The van der Waals surface area contributed by atoms with E-state index in [2.05, 4.69) is 31.5 Å². The maximum atomic E-state index is 12.2. The number of amides is 2. The number of ether oxygens (including phenoxy) is 2. The van der Waals surface area contributed by atoms with Crippen molar-refractivity contribution in [3.63, 3.8) is 0 Å². The fourth-order valence-corrected chi connectivity index (χ4v) is 2.73. The molecule has 30 heavy (non-hydrogen) atoms. The number of carbonyl (C=O) groups is 2. The minimum atomic E-state index is -0.391. The second-order valence-corrected chi connectivity index (χ2v) is 7.16. The third-order valence-corrected chi connectivity index (χ3v) is 4.62. The van der Waals surface area contributed by atoms with E-state index in [1.165, 1.54) is 6.20 Å². The topological polar surface area (TPSA) is 89.6 Å². The molecule has 0 aliphatic carbocycles. The van der Waals surface area contributed by atoms with Crippen molar-refractivity contribution in [2.75, 3.05) is 13.7 Å². The van der Waals surface area contributed by atoms with Crippen LogP contribution in [-0.4, -0.2) is 30.5 Å². The molecule has 7 nitrogen and oxygen atoms in total. The average Bonchev–Trinajstić information content (AvgIpc) is 2.78. The van der Waals surface area contributed by atoms with E-state index in [1.54, 1.807) is 31.4 Å². The molecule has 2 N–H and O–H groups in total. The number of hydrogen-bond acceptors (Lipinski definition) is 5. The lowest BCUT2D eigenvalue weighted by Crippen LogP contribution is -2.36. The number of pyridine rings is 1. The highest BCUT2D eigenvalue weighted by Gasteiger charge is 2.09. The van der Waals surface area contributed by atoms with Crippen LogP contribution in [0.25, 0.3) is 0 Å². The molecular formula is C22H20BrN3O4. The lowest BCUT2D eigenvalue weighted by atomic mass is 10.2. The first-order valence-electron chi connectivity index (χ1n) is 9.11. The van der Waals surface area contributed by atoms with Crippen molar-refractivity contribution in [3.05, 3.63) is 82.5 Å². The third-order valence-electron chi connectivity index (χ3n) is 4.09. The van der Waals surface area contributed by atoms with Crippen molar-refractivity contribution in [3.8, 4) is 17.4 Å². The number of benzene rings is 2. The summed E-state index contributed by atoms with van der Waals surface area (Å²) in [4.78, 5) is 28.3. The van der Waals surface area contributed by atoms with Gasteiger partial charge in [-0.05, 0) is 48.0 Å². The van der Waals surface area contributed by atoms with Gasteiger partial charge in [0.25, 0.3) is 5.91 Å². The Morgan fingerprint density at radius 1 is 0.933 bits per heavy atom. The Labute approximate surface area is 182 Å². The van der Waals surface area contributed by atoms with Crippen molar-refractivity contribution in [1.82, 2.24) is 15.6 Å². The highest BCUT2D eigenvalue weighted by molar-refractivity contribution is 9.10. The molecule has 1 aromatic heterocycles. The summed E-state index contributed by atoms with van der Waals surface area (Å²) in [7, 11) is 1.60. The first-order chi connectivity index (χ1) is 14.5. The number of halogens is 1. The van der Waals surface area contributed by atoms with Crippen LogP contribution in [0.4, 0.5) is 0 Å². The summed E-state index contributed by atoms with van der Waals surface area (Å²) < 4.78 is 11.7. The van der Waals surface area contributed by atoms with Gasteiger partial charge >= 0.3 is 0 Å². The maximum absolute atomic E-state index is 12.2. The second kappa shape index (κ2) is 10.4. The van der Waals surface area contributed by atoms with Crippen LogP contribution in [0.1, 0.15) is 15.9 Å². The number of aromatic nitrogens is 1. The van der Waals surface area contributed by atoms with Crippen LogP contribution < -0.4 is 20.1 Å². The van der Waals surface area contributed by atoms with E-state index >= 15 is 0 Å². The van der Waals surface area contributed by atoms with Gasteiger partial charge in [-0.1, -0.05) is 28.1 Å². The predicted octanol–water partition coefficient (Wildman–Crippen LogP) is 3.69. The van der Waals surface area contributed by atoms with Gasteiger partial charge in [0.1, 0.15) is 11.5 Å². The molecule has 2 amide bonds. The number of methoxy groups -OCH3 is 1. The Balaban J connectivity index is 1.44. The Hall–Kier alpha value is -3.39. The van der Waals surface area contributed by atoms with Gasteiger partial charge in [-0.25, -0.2) is 4.98 Å². The molecule has 0 aliphatic heterocycles. The summed E-state index contributed by atoms with van der Waals surface area (Å²) in [6.45, 7) is 0.231. The van der Waals surface area contributed by atoms with Crippen LogP contribution >= 0.6 is 15.9 Å². The van der Waals surface area contributed by atoms with Crippen LogP contribution in [0.3, 0.4) is 0 Å². The monoisotopic (exact) mass is 469 g/mol. The largest absolute Gasteiger partial charge is 0.497 e. The molecule has 3 rings (SSSR count). The van der Waals surface area contributed by atoms with Gasteiger partial charge < -0.3 is 20.1 Å². The van der Waals surface area contributed by atoms with Crippen LogP contribution in [0, 0.1) is 0 Å². The summed E-state index contributed by atoms with van der Waals surface area (Å²) in [6, 6.07) is 17.9. The zero-order valence-corrected chi connectivity index (χ0v) is 17.8. The molecule has 0 unspecified atom stereocenters. The van der Waals surface area contributed by atoms with E-state index in [-0.39, 0.29) is 12.5 Å². The minimum absolute atomic E-state index is 0.133. The number of nitrogens with zero attached hydrogens (tertiary/aromatic N) is 1. The average molecular weight is 470 g/mol. The first kappa shape index (κ1) is 21.3. The van der Waals surface area contributed by atoms with E-state index in [9.17, 15) is 9.59 Å². The van der Waals surface area contributed by atoms with Crippen LogP contribution in [-0.2, 0) is 11.3 Å². The summed E-state index contributed by atoms with van der Waals surface area (Å²) in [6.07, 6.45) is 1.40. The van der Waals surface area contributed by atoms with Gasteiger partial charge in [0.15, 0.2) is 0 Å². The van der Waals surface area contributed by atoms with E-state index in [0.29, 0.717) is 23.7 Å². The molecule has 0 saturated carbocycles. The second-order valence-electron chi connectivity index (χ2n) is 6.25. The predicted molar refractivity (Wildman–Crippen MR) is 116 cm³/mol. The zero-order valence-electron chi connectivity index (χ0n) is 16.2. The Kier molecular flexibility index (Phi) is 7.40. The van der Waals surface area contributed by atoms with Crippen molar-refractivity contribution in [2.24, 2.45) is 0 Å². The molecule has 3 aromatic rings. The number of hydrogen-bond donors (Lipinski definition) is 2. The lowest BCUT2D eigenvalue weighted by Gasteiger charge is -2.08. The molecule has 0 saturated heterocycles. The molecule has 154 valence electrons. The Morgan fingerprint density at radius 3 is 2.27 bits per heavy atom. The fraction of sp³-hybridized carbons (Fsp3) is 0.136.